The Labute approximate surface area is 92.2 Å². The number of aromatic nitrogens is 3. The van der Waals surface area contributed by atoms with Crippen molar-refractivity contribution < 1.29 is 4.79 Å². The Morgan fingerprint density at radius 2 is 2.12 bits per heavy atom. The molecule has 1 aliphatic carbocycles. The van der Waals surface area contributed by atoms with Gasteiger partial charge in [0.2, 0.25) is 0 Å². The molecule has 1 aromatic heterocycles. The lowest BCUT2D eigenvalue weighted by Gasteiger charge is -2.22. The standard InChI is InChI=1S/C9H15N5O2/c10-13-6-11-14(9(13)16)8(15)12-7-4-2-1-3-5-7/h6-7H,1-5,10H2,(H,12,15). The van der Waals surface area contributed by atoms with E-state index in [0.29, 0.717) is 0 Å². The van der Waals surface area contributed by atoms with E-state index >= 15 is 0 Å². The summed E-state index contributed by atoms with van der Waals surface area (Å²) in [7, 11) is 0. The van der Waals surface area contributed by atoms with E-state index in [-0.39, 0.29) is 6.04 Å². The molecule has 0 aromatic carbocycles. The van der Waals surface area contributed by atoms with Gasteiger partial charge in [-0.3, -0.25) is 0 Å². The Morgan fingerprint density at radius 3 is 2.69 bits per heavy atom. The second kappa shape index (κ2) is 4.38. The van der Waals surface area contributed by atoms with E-state index in [1.54, 1.807) is 0 Å². The molecule has 2 rings (SSSR count). The van der Waals surface area contributed by atoms with Crippen molar-refractivity contribution in [3.8, 4) is 0 Å². The summed E-state index contributed by atoms with van der Waals surface area (Å²) in [5, 5.41) is 6.39. The molecule has 1 saturated carbocycles. The molecule has 1 fully saturated rings. The maximum atomic E-state index is 11.7. The lowest BCUT2D eigenvalue weighted by atomic mass is 9.96. The molecule has 1 amide bonds. The van der Waals surface area contributed by atoms with Gasteiger partial charge in [-0.1, -0.05) is 19.3 Å². The third-order valence-corrected chi connectivity index (χ3v) is 2.82. The summed E-state index contributed by atoms with van der Waals surface area (Å²) in [5.74, 6) is 5.25. The van der Waals surface area contributed by atoms with Gasteiger partial charge >= 0.3 is 11.7 Å². The molecule has 0 spiro atoms. The third kappa shape index (κ3) is 2.07. The highest BCUT2D eigenvalue weighted by Crippen LogP contribution is 2.17. The molecule has 3 N–H and O–H groups in total. The SMILES string of the molecule is Nn1cnn(C(=O)NC2CCCCC2)c1=O. The number of carbonyl (C=O) groups is 1. The zero-order chi connectivity index (χ0) is 11.5. The molecule has 16 heavy (non-hydrogen) atoms. The van der Waals surface area contributed by atoms with Crippen molar-refractivity contribution in [2.45, 2.75) is 38.1 Å². The van der Waals surface area contributed by atoms with Crippen LogP contribution in [-0.4, -0.2) is 26.5 Å². The summed E-state index contributed by atoms with van der Waals surface area (Å²) in [6, 6.07) is -0.350. The predicted molar refractivity (Wildman–Crippen MR) is 57.4 cm³/mol. The topological polar surface area (TPSA) is 94.9 Å². The largest absolute Gasteiger partial charge is 0.373 e. The molecule has 1 aromatic rings. The van der Waals surface area contributed by atoms with Gasteiger partial charge in [0, 0.05) is 6.04 Å². The Morgan fingerprint density at radius 1 is 1.44 bits per heavy atom. The predicted octanol–water partition coefficient (Wildman–Crippen LogP) is -0.351. The van der Waals surface area contributed by atoms with Gasteiger partial charge in [-0.2, -0.15) is 4.68 Å². The monoisotopic (exact) mass is 225 g/mol. The number of hydrogen-bond acceptors (Lipinski definition) is 4. The van der Waals surface area contributed by atoms with Crippen molar-refractivity contribution in [3.63, 3.8) is 0 Å². The molecular weight excluding hydrogens is 210 g/mol. The van der Waals surface area contributed by atoms with E-state index in [9.17, 15) is 9.59 Å². The fourth-order valence-corrected chi connectivity index (χ4v) is 1.94. The maximum Gasteiger partial charge on any atom is 0.373 e. The van der Waals surface area contributed by atoms with Crippen molar-refractivity contribution >= 4 is 6.03 Å². The summed E-state index contributed by atoms with van der Waals surface area (Å²) >= 11 is 0. The molecule has 0 bridgehead atoms. The molecule has 0 unspecified atom stereocenters. The van der Waals surface area contributed by atoms with Crippen LogP contribution in [0.2, 0.25) is 0 Å². The van der Waals surface area contributed by atoms with Crippen molar-refractivity contribution in [1.82, 2.24) is 19.8 Å². The lowest BCUT2D eigenvalue weighted by Crippen LogP contribution is -2.44. The summed E-state index contributed by atoms with van der Waals surface area (Å²) in [5.41, 5.74) is -0.631. The van der Waals surface area contributed by atoms with Gasteiger partial charge in [0.15, 0.2) is 0 Å². The molecule has 7 heteroatoms. The zero-order valence-electron chi connectivity index (χ0n) is 8.93. The van der Waals surface area contributed by atoms with E-state index in [1.165, 1.54) is 6.42 Å². The minimum absolute atomic E-state index is 0.149. The van der Waals surface area contributed by atoms with Gasteiger partial charge in [-0.05, 0) is 12.8 Å². The van der Waals surface area contributed by atoms with Gasteiger partial charge in [-0.15, -0.1) is 9.78 Å². The number of carbonyl (C=O) groups excluding carboxylic acids is 1. The first-order valence-corrected chi connectivity index (χ1v) is 5.41. The van der Waals surface area contributed by atoms with E-state index in [2.05, 4.69) is 10.4 Å². The summed E-state index contributed by atoms with van der Waals surface area (Å²) in [4.78, 5) is 23.0. The smallest absolute Gasteiger partial charge is 0.334 e. The second-order valence-corrected chi connectivity index (χ2v) is 4.02. The fraction of sp³-hybridized carbons (Fsp3) is 0.667. The number of nitrogens with zero attached hydrogens (tertiary/aromatic N) is 3. The van der Waals surface area contributed by atoms with Crippen LogP contribution in [0.25, 0.3) is 0 Å². The maximum absolute atomic E-state index is 11.7. The number of hydrogen-bond donors (Lipinski definition) is 2. The van der Waals surface area contributed by atoms with Crippen molar-refractivity contribution in [1.29, 1.82) is 0 Å². The van der Waals surface area contributed by atoms with Crippen LogP contribution in [-0.2, 0) is 0 Å². The quantitative estimate of drug-likeness (QED) is 0.638. The summed E-state index contributed by atoms with van der Waals surface area (Å²) in [6.07, 6.45) is 6.48. The van der Waals surface area contributed by atoms with Gasteiger partial charge in [0.05, 0.1) is 0 Å². The molecule has 1 heterocycles. The molecule has 0 atom stereocenters. The minimum Gasteiger partial charge on any atom is -0.334 e. The Kier molecular flexibility index (Phi) is 2.93. The van der Waals surface area contributed by atoms with E-state index in [4.69, 9.17) is 5.84 Å². The average Bonchev–Trinajstić information content (AvgIpc) is 2.61. The number of nitrogen functional groups attached to an aromatic ring is 1. The number of rotatable bonds is 1. The number of nitrogens with one attached hydrogen (secondary N) is 1. The fourth-order valence-electron chi connectivity index (χ4n) is 1.94. The van der Waals surface area contributed by atoms with Crippen LogP contribution in [0.5, 0.6) is 0 Å². The van der Waals surface area contributed by atoms with Crippen LogP contribution < -0.4 is 16.8 Å². The Hall–Kier alpha value is -1.79. The molecule has 1 aliphatic rings. The average molecular weight is 225 g/mol. The first-order chi connectivity index (χ1) is 7.68. The normalized spacial score (nSPS) is 17.2. The first-order valence-electron chi connectivity index (χ1n) is 5.41. The lowest BCUT2D eigenvalue weighted by molar-refractivity contribution is 0.230. The molecule has 0 radical (unpaired) electrons. The Bertz CT molecular complexity index is 429. The summed E-state index contributed by atoms with van der Waals surface area (Å²) < 4.78 is 1.52. The number of nitrogens with two attached hydrogens (primary N) is 1. The van der Waals surface area contributed by atoms with Crippen LogP contribution in [0.15, 0.2) is 11.1 Å². The third-order valence-electron chi connectivity index (χ3n) is 2.82. The van der Waals surface area contributed by atoms with Crippen LogP contribution in [0.3, 0.4) is 0 Å². The zero-order valence-corrected chi connectivity index (χ0v) is 8.93. The van der Waals surface area contributed by atoms with Crippen molar-refractivity contribution in [2.24, 2.45) is 0 Å². The second-order valence-electron chi connectivity index (χ2n) is 4.02. The van der Waals surface area contributed by atoms with Crippen LogP contribution in [0, 0.1) is 0 Å². The highest BCUT2D eigenvalue weighted by molar-refractivity contribution is 5.75. The molecule has 0 aliphatic heterocycles. The van der Waals surface area contributed by atoms with Crippen molar-refractivity contribution in [2.75, 3.05) is 5.84 Å². The summed E-state index contributed by atoms with van der Waals surface area (Å²) in [6.45, 7) is 0. The molecule has 7 nitrogen and oxygen atoms in total. The van der Waals surface area contributed by atoms with Gasteiger partial charge in [0.25, 0.3) is 0 Å². The van der Waals surface area contributed by atoms with Gasteiger partial charge < -0.3 is 11.2 Å². The van der Waals surface area contributed by atoms with E-state index < -0.39 is 11.7 Å². The first kappa shape index (κ1) is 10.7. The number of amides is 1. The van der Waals surface area contributed by atoms with Crippen LogP contribution in [0.4, 0.5) is 4.79 Å². The molecule has 88 valence electrons. The van der Waals surface area contributed by atoms with Crippen LogP contribution >= 0.6 is 0 Å². The highest BCUT2D eigenvalue weighted by Gasteiger charge is 2.18. The Balaban J connectivity index is 2.02. The van der Waals surface area contributed by atoms with Gasteiger partial charge in [-0.25, -0.2) is 9.59 Å². The minimum atomic E-state index is -0.631. The van der Waals surface area contributed by atoms with E-state index in [1.807, 2.05) is 0 Å². The van der Waals surface area contributed by atoms with E-state index in [0.717, 1.165) is 41.4 Å². The highest BCUT2D eigenvalue weighted by atomic mass is 16.2. The molecule has 0 saturated heterocycles. The molecular formula is C9H15N5O2. The van der Waals surface area contributed by atoms with Gasteiger partial charge in [0.1, 0.15) is 6.33 Å². The van der Waals surface area contributed by atoms with Crippen molar-refractivity contribution in [3.05, 3.63) is 16.8 Å². The van der Waals surface area contributed by atoms with Crippen LogP contribution in [0.1, 0.15) is 32.1 Å².